The van der Waals surface area contributed by atoms with Gasteiger partial charge < -0.3 is 19.7 Å². The highest BCUT2D eigenvalue weighted by atomic mass is 16.6. The number of hydrogen-bond acceptors (Lipinski definition) is 8. The number of ether oxygens (including phenoxy) is 2. The van der Waals surface area contributed by atoms with Crippen LogP contribution in [-0.2, 0) is 19.9 Å². The van der Waals surface area contributed by atoms with Crippen LogP contribution in [0.2, 0.25) is 0 Å². The molecule has 1 aliphatic heterocycles. The number of aliphatic hydroxyl groups is 2. The Morgan fingerprint density at radius 3 is 2.00 bits per heavy atom. The number of carbonyl (C=O) groups excluding carboxylic acids is 1. The van der Waals surface area contributed by atoms with Crippen molar-refractivity contribution in [2.24, 2.45) is 5.92 Å². The molecule has 3 N–H and O–H groups in total. The number of aliphatic hydroxyl groups excluding tert-OH is 2. The van der Waals surface area contributed by atoms with E-state index in [1.165, 1.54) is 17.1 Å². The van der Waals surface area contributed by atoms with Crippen LogP contribution in [-0.4, -0.2) is 60.6 Å². The summed E-state index contributed by atoms with van der Waals surface area (Å²) in [7, 11) is 0. The van der Waals surface area contributed by atoms with Crippen LogP contribution in [0, 0.1) is 5.92 Å². The van der Waals surface area contributed by atoms with Gasteiger partial charge in [0.1, 0.15) is 29.4 Å². The van der Waals surface area contributed by atoms with Crippen LogP contribution in [0.4, 0.5) is 5.95 Å². The lowest BCUT2D eigenvalue weighted by atomic mass is 9.80. The lowest BCUT2D eigenvalue weighted by Gasteiger charge is -2.37. The molecule has 10 nitrogen and oxygen atoms in total. The molecule has 220 valence electrons. The fourth-order valence-electron chi connectivity index (χ4n) is 5.40. The number of rotatable bonds is 9. The Hall–Kier alpha value is -4.48. The van der Waals surface area contributed by atoms with E-state index in [0.29, 0.717) is 11.2 Å². The minimum atomic E-state index is -1.30. The van der Waals surface area contributed by atoms with Crippen molar-refractivity contribution in [1.29, 1.82) is 0 Å². The van der Waals surface area contributed by atoms with E-state index in [4.69, 9.17) is 9.47 Å². The molecule has 3 aromatic carbocycles. The summed E-state index contributed by atoms with van der Waals surface area (Å²) in [6, 6.07) is 29.7. The summed E-state index contributed by atoms with van der Waals surface area (Å²) >= 11 is 0. The largest absolute Gasteiger partial charge is 0.387 e. The van der Waals surface area contributed by atoms with Crippen LogP contribution in [0.25, 0.3) is 11.2 Å². The lowest BCUT2D eigenvalue weighted by Crippen LogP contribution is -2.39. The zero-order chi connectivity index (χ0) is 30.0. The average Bonchev–Trinajstić information content (AvgIpc) is 3.58. The number of nitrogens with one attached hydrogen (secondary N) is 1. The molecule has 6 rings (SSSR count). The normalized spacial score (nSPS) is 20.5. The molecule has 0 aliphatic carbocycles. The van der Waals surface area contributed by atoms with Crippen molar-refractivity contribution < 1.29 is 24.5 Å². The van der Waals surface area contributed by atoms with Crippen molar-refractivity contribution in [2.45, 2.75) is 44.0 Å². The van der Waals surface area contributed by atoms with E-state index in [1.807, 2.05) is 91.0 Å². The van der Waals surface area contributed by atoms with Gasteiger partial charge in [-0.05, 0) is 16.7 Å². The highest BCUT2D eigenvalue weighted by Gasteiger charge is 2.46. The van der Waals surface area contributed by atoms with Gasteiger partial charge in [0.25, 0.3) is 0 Å². The Bertz CT molecular complexity index is 1580. The van der Waals surface area contributed by atoms with Gasteiger partial charge in [-0.3, -0.25) is 14.7 Å². The molecular formula is C33H33N5O5. The number of carbonyl (C=O) groups is 1. The molecule has 2 aromatic heterocycles. The maximum absolute atomic E-state index is 12.2. The third kappa shape index (κ3) is 5.41. The molecule has 0 radical (unpaired) electrons. The molecule has 1 aliphatic rings. The second kappa shape index (κ2) is 12.0. The summed E-state index contributed by atoms with van der Waals surface area (Å²) in [5, 5.41) is 25.0. The van der Waals surface area contributed by atoms with Gasteiger partial charge in [0.05, 0.1) is 19.1 Å². The maximum Gasteiger partial charge on any atom is 0.231 e. The van der Waals surface area contributed by atoms with Crippen molar-refractivity contribution in [3.8, 4) is 0 Å². The van der Waals surface area contributed by atoms with Crippen molar-refractivity contribution in [3.05, 3.63) is 120 Å². The lowest BCUT2D eigenvalue weighted by molar-refractivity contribution is -0.118. The molecule has 0 saturated carbocycles. The first-order valence-electron chi connectivity index (χ1n) is 14.2. The molecule has 0 spiro atoms. The summed E-state index contributed by atoms with van der Waals surface area (Å²) in [4.78, 5) is 25.1. The van der Waals surface area contributed by atoms with E-state index >= 15 is 0 Å². The number of amides is 1. The minimum Gasteiger partial charge on any atom is -0.387 e. The summed E-state index contributed by atoms with van der Waals surface area (Å²) < 4.78 is 14.6. The predicted octanol–water partition coefficient (Wildman–Crippen LogP) is 4.05. The molecule has 10 heteroatoms. The molecule has 43 heavy (non-hydrogen) atoms. The first-order valence-corrected chi connectivity index (χ1v) is 14.2. The van der Waals surface area contributed by atoms with Gasteiger partial charge in [0.2, 0.25) is 11.9 Å². The number of benzene rings is 3. The monoisotopic (exact) mass is 579 g/mol. The number of fused-ring (bicyclic) bond motifs is 1. The van der Waals surface area contributed by atoms with Crippen LogP contribution < -0.4 is 5.32 Å². The van der Waals surface area contributed by atoms with Crippen molar-refractivity contribution >= 4 is 23.0 Å². The zero-order valence-electron chi connectivity index (χ0n) is 23.8. The highest BCUT2D eigenvalue weighted by molar-refractivity contribution is 5.91. The van der Waals surface area contributed by atoms with E-state index in [2.05, 4.69) is 20.3 Å². The molecule has 5 aromatic rings. The Morgan fingerprint density at radius 2 is 1.47 bits per heavy atom. The molecule has 1 amide bonds. The summed E-state index contributed by atoms with van der Waals surface area (Å²) in [5.41, 5.74) is 2.50. The van der Waals surface area contributed by atoms with Crippen molar-refractivity contribution in [3.63, 3.8) is 0 Å². The Labute approximate surface area is 249 Å². The van der Waals surface area contributed by atoms with E-state index < -0.39 is 30.1 Å². The van der Waals surface area contributed by atoms with Crippen molar-refractivity contribution in [1.82, 2.24) is 19.5 Å². The SMILES string of the molecule is CC(C)C(=O)Nc1ncc2ncn([C@@H]3O[C@H](COC(c4ccccc4)(c4ccccc4)c4ccccc4)[C@@H](O)[C@H]3O)c2n1. The predicted molar refractivity (Wildman–Crippen MR) is 160 cm³/mol. The fourth-order valence-corrected chi connectivity index (χ4v) is 5.40. The molecule has 4 atom stereocenters. The highest BCUT2D eigenvalue weighted by Crippen LogP contribution is 2.42. The summed E-state index contributed by atoms with van der Waals surface area (Å²) in [5.74, 6) is -0.372. The first kappa shape index (κ1) is 28.6. The minimum absolute atomic E-state index is 0.0370. The number of anilines is 1. The standard InChI is InChI=1S/C33H33N5O5/c1-21(2)30(41)37-32-34-18-25-29(36-32)38(20-35-25)31-28(40)27(39)26(43-31)19-42-33(22-12-6-3-7-13-22,23-14-8-4-9-15-23)24-16-10-5-11-17-24/h3-18,20-21,26-28,31,39-40H,19H2,1-2H3,(H,34,36,37,41)/t26-,27-,28-,31-/m1/s1. The molecule has 0 bridgehead atoms. The quantitative estimate of drug-likeness (QED) is 0.223. The summed E-state index contributed by atoms with van der Waals surface area (Å²) in [6.07, 6.45) is -1.48. The smallest absolute Gasteiger partial charge is 0.231 e. The van der Waals surface area contributed by atoms with Gasteiger partial charge in [-0.2, -0.15) is 4.98 Å². The number of hydrogen-bond donors (Lipinski definition) is 3. The van der Waals surface area contributed by atoms with Gasteiger partial charge in [-0.1, -0.05) is 105 Å². The van der Waals surface area contributed by atoms with Gasteiger partial charge in [-0.15, -0.1) is 0 Å². The van der Waals surface area contributed by atoms with Gasteiger partial charge in [0, 0.05) is 5.92 Å². The number of imidazole rings is 1. The Morgan fingerprint density at radius 1 is 0.907 bits per heavy atom. The van der Waals surface area contributed by atoms with Crippen LogP contribution in [0.15, 0.2) is 104 Å². The Kier molecular flexibility index (Phi) is 8.00. The Balaban J connectivity index is 1.32. The zero-order valence-corrected chi connectivity index (χ0v) is 23.8. The molecule has 1 fully saturated rings. The van der Waals surface area contributed by atoms with E-state index in [1.54, 1.807) is 13.8 Å². The molecule has 0 unspecified atom stereocenters. The van der Waals surface area contributed by atoms with Gasteiger partial charge >= 0.3 is 0 Å². The van der Waals surface area contributed by atoms with E-state index in [0.717, 1.165) is 16.7 Å². The number of aromatic nitrogens is 4. The number of nitrogens with zero attached hydrogens (tertiary/aromatic N) is 4. The third-order valence-corrected chi connectivity index (χ3v) is 7.69. The maximum atomic E-state index is 12.2. The second-order valence-corrected chi connectivity index (χ2v) is 10.8. The average molecular weight is 580 g/mol. The van der Waals surface area contributed by atoms with Gasteiger partial charge in [0.15, 0.2) is 11.9 Å². The topological polar surface area (TPSA) is 132 Å². The molecule has 1 saturated heterocycles. The van der Waals surface area contributed by atoms with Crippen LogP contribution in [0.1, 0.15) is 36.8 Å². The third-order valence-electron chi connectivity index (χ3n) is 7.69. The van der Waals surface area contributed by atoms with Gasteiger partial charge in [-0.25, -0.2) is 9.97 Å². The second-order valence-electron chi connectivity index (χ2n) is 10.8. The fraction of sp³-hybridized carbons (Fsp3) is 0.273. The molecular weight excluding hydrogens is 546 g/mol. The van der Waals surface area contributed by atoms with E-state index in [9.17, 15) is 15.0 Å². The van der Waals surface area contributed by atoms with Crippen LogP contribution in [0.3, 0.4) is 0 Å². The van der Waals surface area contributed by atoms with Crippen LogP contribution >= 0.6 is 0 Å². The molecule has 3 heterocycles. The van der Waals surface area contributed by atoms with Crippen LogP contribution in [0.5, 0.6) is 0 Å². The summed E-state index contributed by atoms with van der Waals surface area (Å²) in [6.45, 7) is 3.50. The van der Waals surface area contributed by atoms with E-state index in [-0.39, 0.29) is 24.4 Å². The van der Waals surface area contributed by atoms with Crippen molar-refractivity contribution in [2.75, 3.05) is 11.9 Å². The first-order chi connectivity index (χ1) is 20.9.